The number of aliphatic hydroxyl groups is 1. The van der Waals surface area contributed by atoms with Crippen molar-refractivity contribution in [2.75, 3.05) is 6.61 Å². The Bertz CT molecular complexity index is 317. The van der Waals surface area contributed by atoms with Crippen molar-refractivity contribution < 1.29 is 5.11 Å². The molecule has 0 aliphatic carbocycles. The normalized spacial score (nSPS) is 14.1. The number of hydrogen-bond donors (Lipinski definition) is 2. The van der Waals surface area contributed by atoms with Gasteiger partial charge in [-0.2, -0.15) is 0 Å². The van der Waals surface area contributed by atoms with Gasteiger partial charge in [-0.05, 0) is 13.3 Å². The van der Waals surface area contributed by atoms with Gasteiger partial charge in [-0.1, -0.05) is 20.8 Å². The van der Waals surface area contributed by atoms with Crippen molar-refractivity contribution in [3.8, 4) is 0 Å². The fourth-order valence-corrected chi connectivity index (χ4v) is 2.23. The predicted molar refractivity (Wildman–Crippen MR) is 68.8 cm³/mol. The summed E-state index contributed by atoms with van der Waals surface area (Å²) in [4.78, 5) is 5.70. The maximum atomic E-state index is 8.79. The lowest BCUT2D eigenvalue weighted by Gasteiger charge is -2.13. The van der Waals surface area contributed by atoms with Crippen LogP contribution in [0.4, 0.5) is 0 Å². The molecule has 0 amide bonds. The van der Waals surface area contributed by atoms with Crippen LogP contribution >= 0.6 is 11.3 Å². The molecule has 1 aromatic rings. The minimum Gasteiger partial charge on any atom is -0.396 e. The molecule has 0 bridgehead atoms. The number of aliphatic hydroxyl groups excluding tert-OH is 1. The van der Waals surface area contributed by atoms with Crippen molar-refractivity contribution in [3.05, 3.63) is 16.1 Å². The number of hydrogen-bond acceptors (Lipinski definition) is 4. The summed E-state index contributed by atoms with van der Waals surface area (Å²) in [7, 11) is 0. The Labute approximate surface area is 102 Å². The molecule has 1 aromatic heterocycles. The van der Waals surface area contributed by atoms with Crippen LogP contribution in [0, 0.1) is 0 Å². The molecule has 0 spiro atoms. The first-order valence-corrected chi connectivity index (χ1v) is 6.54. The zero-order valence-electron chi connectivity index (χ0n) is 10.6. The van der Waals surface area contributed by atoms with Crippen LogP contribution in [-0.2, 0) is 12.0 Å². The SMILES string of the molecule is CC(CCO)NCc1cnc(C(C)(C)C)s1. The average Bonchev–Trinajstić information content (AvgIpc) is 2.63. The highest BCUT2D eigenvalue weighted by molar-refractivity contribution is 7.11. The number of nitrogens with zero attached hydrogens (tertiary/aromatic N) is 1. The summed E-state index contributed by atoms with van der Waals surface area (Å²) in [6, 6.07) is 0.352. The van der Waals surface area contributed by atoms with E-state index in [9.17, 15) is 0 Å². The Morgan fingerprint density at radius 3 is 2.69 bits per heavy atom. The lowest BCUT2D eigenvalue weighted by Crippen LogP contribution is -2.25. The van der Waals surface area contributed by atoms with Crippen molar-refractivity contribution in [1.82, 2.24) is 10.3 Å². The van der Waals surface area contributed by atoms with Gasteiger partial charge in [-0.25, -0.2) is 4.98 Å². The zero-order chi connectivity index (χ0) is 12.2. The summed E-state index contributed by atoms with van der Waals surface area (Å²) in [5.41, 5.74) is 0.139. The summed E-state index contributed by atoms with van der Waals surface area (Å²) >= 11 is 1.76. The van der Waals surface area contributed by atoms with Gasteiger partial charge in [0.2, 0.25) is 0 Å². The van der Waals surface area contributed by atoms with Gasteiger partial charge < -0.3 is 10.4 Å². The van der Waals surface area contributed by atoms with E-state index in [2.05, 4.69) is 38.0 Å². The van der Waals surface area contributed by atoms with Crippen molar-refractivity contribution in [2.45, 2.75) is 52.1 Å². The standard InChI is InChI=1S/C12H22N2OS/c1-9(5-6-15)13-7-10-8-14-11(16-10)12(2,3)4/h8-9,13,15H,5-7H2,1-4H3. The second-order valence-electron chi connectivity index (χ2n) is 5.18. The van der Waals surface area contributed by atoms with Gasteiger partial charge in [0, 0.05) is 35.7 Å². The van der Waals surface area contributed by atoms with Crippen LogP contribution < -0.4 is 5.32 Å². The first-order valence-electron chi connectivity index (χ1n) is 5.73. The van der Waals surface area contributed by atoms with E-state index in [-0.39, 0.29) is 12.0 Å². The molecule has 0 aliphatic rings. The van der Waals surface area contributed by atoms with E-state index in [4.69, 9.17) is 5.11 Å². The molecule has 0 radical (unpaired) electrons. The fraction of sp³-hybridized carbons (Fsp3) is 0.750. The van der Waals surface area contributed by atoms with E-state index in [1.165, 1.54) is 9.88 Å². The lowest BCUT2D eigenvalue weighted by atomic mass is 9.98. The molecule has 1 unspecified atom stereocenters. The smallest absolute Gasteiger partial charge is 0.0981 e. The van der Waals surface area contributed by atoms with Gasteiger partial charge in [0.15, 0.2) is 0 Å². The molecule has 0 aromatic carbocycles. The molecule has 1 heterocycles. The number of rotatable bonds is 5. The molecule has 0 fully saturated rings. The monoisotopic (exact) mass is 242 g/mol. The Hall–Kier alpha value is -0.450. The molecule has 3 nitrogen and oxygen atoms in total. The van der Waals surface area contributed by atoms with Gasteiger partial charge in [0.1, 0.15) is 0 Å². The van der Waals surface area contributed by atoms with Crippen LogP contribution in [0.5, 0.6) is 0 Å². The van der Waals surface area contributed by atoms with Crippen LogP contribution in [0.15, 0.2) is 6.20 Å². The molecule has 4 heteroatoms. The largest absolute Gasteiger partial charge is 0.396 e. The van der Waals surface area contributed by atoms with Crippen molar-refractivity contribution >= 4 is 11.3 Å². The molecule has 1 rings (SSSR count). The second-order valence-corrected chi connectivity index (χ2v) is 6.29. The quantitative estimate of drug-likeness (QED) is 0.833. The number of aromatic nitrogens is 1. The van der Waals surface area contributed by atoms with Crippen molar-refractivity contribution in [1.29, 1.82) is 0 Å². The highest BCUT2D eigenvalue weighted by Gasteiger charge is 2.17. The van der Waals surface area contributed by atoms with Gasteiger partial charge in [0.25, 0.3) is 0 Å². The third kappa shape index (κ3) is 4.20. The fourth-order valence-electron chi connectivity index (χ4n) is 1.31. The predicted octanol–water partition coefficient (Wildman–Crippen LogP) is 2.30. The Balaban J connectivity index is 2.47. The maximum Gasteiger partial charge on any atom is 0.0981 e. The molecule has 1 atom stereocenters. The van der Waals surface area contributed by atoms with Gasteiger partial charge in [0.05, 0.1) is 5.01 Å². The van der Waals surface area contributed by atoms with Gasteiger partial charge in [-0.15, -0.1) is 11.3 Å². The molecular weight excluding hydrogens is 220 g/mol. The average molecular weight is 242 g/mol. The van der Waals surface area contributed by atoms with E-state index in [1.807, 2.05) is 6.20 Å². The van der Waals surface area contributed by atoms with E-state index in [0.717, 1.165) is 13.0 Å². The Kier molecular flexibility index (Phi) is 4.89. The Morgan fingerprint density at radius 2 is 2.19 bits per heavy atom. The molecule has 0 saturated carbocycles. The minimum atomic E-state index is 0.139. The first-order chi connectivity index (χ1) is 7.43. The van der Waals surface area contributed by atoms with Gasteiger partial charge in [-0.3, -0.25) is 0 Å². The van der Waals surface area contributed by atoms with E-state index in [0.29, 0.717) is 6.04 Å². The van der Waals surface area contributed by atoms with Crippen LogP contribution in [0.1, 0.15) is 44.0 Å². The molecule has 92 valence electrons. The van der Waals surface area contributed by atoms with Crippen molar-refractivity contribution in [3.63, 3.8) is 0 Å². The maximum absolute atomic E-state index is 8.79. The molecule has 0 aliphatic heterocycles. The summed E-state index contributed by atoms with van der Waals surface area (Å²) in [5, 5.41) is 13.3. The summed E-state index contributed by atoms with van der Waals surface area (Å²) in [5.74, 6) is 0. The first kappa shape index (κ1) is 13.6. The molecular formula is C12H22N2OS. The third-order valence-electron chi connectivity index (χ3n) is 2.38. The molecule has 16 heavy (non-hydrogen) atoms. The van der Waals surface area contributed by atoms with Crippen LogP contribution in [0.2, 0.25) is 0 Å². The van der Waals surface area contributed by atoms with Gasteiger partial charge >= 0.3 is 0 Å². The van der Waals surface area contributed by atoms with E-state index >= 15 is 0 Å². The lowest BCUT2D eigenvalue weighted by molar-refractivity contribution is 0.269. The topological polar surface area (TPSA) is 45.1 Å². The summed E-state index contributed by atoms with van der Waals surface area (Å²) < 4.78 is 0. The highest BCUT2D eigenvalue weighted by Crippen LogP contribution is 2.26. The summed E-state index contributed by atoms with van der Waals surface area (Å²) in [6.07, 6.45) is 2.74. The number of nitrogens with one attached hydrogen (secondary N) is 1. The molecule has 2 N–H and O–H groups in total. The minimum absolute atomic E-state index is 0.139. The summed E-state index contributed by atoms with van der Waals surface area (Å²) in [6.45, 7) is 9.70. The highest BCUT2D eigenvalue weighted by atomic mass is 32.1. The second kappa shape index (κ2) is 5.75. The number of thiazole rings is 1. The van der Waals surface area contributed by atoms with Crippen LogP contribution in [-0.4, -0.2) is 22.7 Å². The Morgan fingerprint density at radius 1 is 1.50 bits per heavy atom. The van der Waals surface area contributed by atoms with Crippen LogP contribution in [0.3, 0.4) is 0 Å². The van der Waals surface area contributed by atoms with Crippen molar-refractivity contribution in [2.24, 2.45) is 0 Å². The molecule has 0 saturated heterocycles. The van der Waals surface area contributed by atoms with E-state index < -0.39 is 0 Å². The van der Waals surface area contributed by atoms with E-state index in [1.54, 1.807) is 11.3 Å². The van der Waals surface area contributed by atoms with Crippen LogP contribution in [0.25, 0.3) is 0 Å². The third-order valence-corrected chi connectivity index (χ3v) is 3.81. The zero-order valence-corrected chi connectivity index (χ0v) is 11.4.